The Morgan fingerprint density at radius 1 is 0.906 bits per heavy atom. The van der Waals surface area contributed by atoms with Gasteiger partial charge in [0.05, 0.1) is 16.7 Å². The molecule has 3 atom stereocenters. The molecule has 0 aliphatic carbocycles. The third-order valence-electron chi connectivity index (χ3n) is 9.48. The van der Waals surface area contributed by atoms with Gasteiger partial charge in [0, 0.05) is 89.0 Å². The number of urea groups is 1. The Labute approximate surface area is 375 Å². The third kappa shape index (κ3) is 20.2. The zero-order chi connectivity index (χ0) is 47.8. The maximum absolute atomic E-state index is 13.6. The first-order chi connectivity index (χ1) is 30.3. The highest BCUT2D eigenvalue weighted by molar-refractivity contribution is 8.04. The van der Waals surface area contributed by atoms with Gasteiger partial charge in [0.1, 0.15) is 24.7 Å². The highest BCUT2D eigenvalue weighted by atomic mass is 32.2. The number of nitrogens with two attached hydrogens (primary N) is 1. The minimum absolute atomic E-state index is 0.0105. The average molecular weight is 918 g/mol. The summed E-state index contributed by atoms with van der Waals surface area (Å²) in [4.78, 5) is 135. The summed E-state index contributed by atoms with van der Waals surface area (Å²) in [5.74, 6) is -4.33. The van der Waals surface area contributed by atoms with E-state index in [-0.39, 0.29) is 110 Å². The van der Waals surface area contributed by atoms with Crippen LogP contribution in [-0.4, -0.2) is 115 Å². The number of Topliss-reactive ketones (excluding diaryl/α,β-unsaturated/α-hetero) is 3. The van der Waals surface area contributed by atoms with Crippen LogP contribution in [0.2, 0.25) is 0 Å². The lowest BCUT2D eigenvalue weighted by Crippen LogP contribution is -2.44. The summed E-state index contributed by atoms with van der Waals surface area (Å²) >= 11 is 0.926. The van der Waals surface area contributed by atoms with E-state index in [1.807, 2.05) is 0 Å². The van der Waals surface area contributed by atoms with E-state index in [0.29, 0.717) is 31.2 Å². The fourth-order valence-corrected chi connectivity index (χ4v) is 7.14. The normalized spacial score (nSPS) is 13.5. The van der Waals surface area contributed by atoms with E-state index < -0.39 is 59.8 Å². The molecule has 0 radical (unpaired) electrons. The lowest BCUT2D eigenvalue weighted by Gasteiger charge is -2.23. The van der Waals surface area contributed by atoms with Crippen molar-refractivity contribution in [1.82, 2.24) is 26.2 Å². The number of amides is 8. The fraction of sp³-hybridized carbons (Fsp3) is 0.548. The number of rotatable bonds is 31. The van der Waals surface area contributed by atoms with Gasteiger partial charge in [-0.1, -0.05) is 20.3 Å². The maximum atomic E-state index is 13.6. The molecule has 0 saturated carbocycles. The van der Waals surface area contributed by atoms with Crippen LogP contribution in [0.4, 0.5) is 15.3 Å². The number of anilines is 1. The molecule has 352 valence electrons. The van der Waals surface area contributed by atoms with Crippen molar-refractivity contribution in [3.05, 3.63) is 34.7 Å². The van der Waals surface area contributed by atoms with Crippen molar-refractivity contribution in [2.45, 2.75) is 104 Å². The van der Waals surface area contributed by atoms with E-state index in [2.05, 4.69) is 26.6 Å². The Morgan fingerprint density at radius 3 is 2.22 bits per heavy atom. The Morgan fingerprint density at radius 2 is 1.59 bits per heavy atom. The van der Waals surface area contributed by atoms with E-state index in [1.165, 1.54) is 33.0 Å². The number of ketones is 3. The molecule has 0 aromatic heterocycles. The van der Waals surface area contributed by atoms with E-state index in [9.17, 15) is 52.7 Å². The summed E-state index contributed by atoms with van der Waals surface area (Å²) < 4.78 is 15.8. The lowest BCUT2D eigenvalue weighted by atomic mass is 9.89. The fourth-order valence-electron chi connectivity index (χ4n) is 6.23. The van der Waals surface area contributed by atoms with Gasteiger partial charge in [-0.25, -0.2) is 9.59 Å². The number of alkyl carbamates (subject to hydrolysis) is 1. The molecule has 0 saturated heterocycles. The number of benzene rings is 1. The lowest BCUT2D eigenvalue weighted by molar-refractivity contribution is -0.138. The first-order valence-corrected chi connectivity index (χ1v) is 21.7. The van der Waals surface area contributed by atoms with Crippen molar-refractivity contribution >= 4 is 82.9 Å². The van der Waals surface area contributed by atoms with Gasteiger partial charge in [-0.15, -0.1) is 11.8 Å². The second kappa shape index (κ2) is 28.4. The quantitative estimate of drug-likeness (QED) is 0.0269. The van der Waals surface area contributed by atoms with Crippen LogP contribution >= 0.6 is 11.8 Å². The summed E-state index contributed by atoms with van der Waals surface area (Å²) in [5, 5.41) is 12.6. The maximum Gasteiger partial charge on any atom is 0.407 e. The zero-order valence-electron chi connectivity index (χ0n) is 36.7. The van der Waals surface area contributed by atoms with Crippen molar-refractivity contribution in [3.8, 4) is 5.75 Å². The van der Waals surface area contributed by atoms with Crippen LogP contribution in [0.1, 0.15) is 91.0 Å². The number of ether oxygens (including phenoxy) is 3. The van der Waals surface area contributed by atoms with Crippen LogP contribution < -0.4 is 37.1 Å². The number of unbranched alkanes of at least 4 members (excludes halogenated alkanes) is 2. The molecular formula is C42H59N7O14S. The largest absolute Gasteiger partial charge is 0.485 e. The van der Waals surface area contributed by atoms with Crippen molar-refractivity contribution < 1.29 is 67.0 Å². The molecule has 1 aliphatic rings. The van der Waals surface area contributed by atoms with Crippen molar-refractivity contribution in [2.24, 2.45) is 17.6 Å². The Balaban J connectivity index is 1.96. The Kier molecular flexibility index (Phi) is 23.9. The number of imide groups is 1. The summed E-state index contributed by atoms with van der Waals surface area (Å²) in [7, 11) is 1.38. The number of hydrogen-bond acceptors (Lipinski definition) is 15. The van der Waals surface area contributed by atoms with Gasteiger partial charge >= 0.3 is 12.1 Å². The predicted octanol–water partition coefficient (Wildman–Crippen LogP) is 2.14. The molecule has 1 aliphatic heterocycles. The van der Waals surface area contributed by atoms with Crippen molar-refractivity contribution in [2.75, 3.05) is 37.8 Å². The number of thioether (sulfide) groups is 1. The monoisotopic (exact) mass is 917 g/mol. The van der Waals surface area contributed by atoms with Gasteiger partial charge in [-0.05, 0) is 43.7 Å². The van der Waals surface area contributed by atoms with Crippen LogP contribution in [-0.2, 0) is 59.2 Å². The third-order valence-corrected chi connectivity index (χ3v) is 10.6. The molecule has 21 nitrogen and oxygen atoms in total. The summed E-state index contributed by atoms with van der Waals surface area (Å²) in [5.41, 5.74) is 5.80. The molecule has 2 rings (SSSR count). The SMILES string of the molecule is CNC(=O)OCc1ccc(NC(=O)[C@H](CCCNC(N)=O)CC(=O)[C@@H](NC(C)=O)C(C)C)cc1OCC(=O)CCCCCC(=O)CCN1C(=O)C=C(SC[C@H](NC(C)=O)OC=O)C1=O. The number of nitrogens with zero attached hydrogens (tertiary/aromatic N) is 1. The van der Waals surface area contributed by atoms with Crippen LogP contribution in [0.3, 0.4) is 0 Å². The van der Waals surface area contributed by atoms with Crippen LogP contribution in [0.15, 0.2) is 29.2 Å². The molecule has 8 amide bonds. The van der Waals surface area contributed by atoms with Gasteiger partial charge < -0.3 is 46.5 Å². The van der Waals surface area contributed by atoms with Gasteiger partial charge in [-0.3, -0.25) is 48.1 Å². The van der Waals surface area contributed by atoms with E-state index in [0.717, 1.165) is 22.7 Å². The molecular weight excluding hydrogens is 859 g/mol. The molecule has 7 N–H and O–H groups in total. The average Bonchev–Trinajstić information content (AvgIpc) is 3.50. The van der Waals surface area contributed by atoms with Crippen molar-refractivity contribution in [3.63, 3.8) is 0 Å². The molecule has 1 heterocycles. The highest BCUT2D eigenvalue weighted by Gasteiger charge is 2.32. The van der Waals surface area contributed by atoms with Crippen LogP contribution in [0, 0.1) is 11.8 Å². The number of primary amides is 1. The topological polar surface area (TPSA) is 305 Å². The number of nitrogens with one attached hydrogen (secondary N) is 5. The van der Waals surface area contributed by atoms with Crippen molar-refractivity contribution in [1.29, 1.82) is 0 Å². The van der Waals surface area contributed by atoms with Gasteiger partial charge in [0.15, 0.2) is 17.8 Å². The molecule has 0 bridgehead atoms. The number of carbonyl (C=O) groups is 11. The molecule has 64 heavy (non-hydrogen) atoms. The first-order valence-electron chi connectivity index (χ1n) is 20.7. The Hall–Kier alpha value is -6.32. The predicted molar refractivity (Wildman–Crippen MR) is 232 cm³/mol. The first kappa shape index (κ1) is 53.8. The summed E-state index contributed by atoms with van der Waals surface area (Å²) in [6.07, 6.45) is 1.35. The van der Waals surface area contributed by atoms with E-state index in [4.69, 9.17) is 19.9 Å². The zero-order valence-corrected chi connectivity index (χ0v) is 37.6. The second-order valence-corrected chi connectivity index (χ2v) is 16.1. The molecule has 22 heteroatoms. The van der Waals surface area contributed by atoms with E-state index >= 15 is 0 Å². The molecule has 0 unspecified atom stereocenters. The molecule has 1 aromatic rings. The van der Waals surface area contributed by atoms with Gasteiger partial charge in [0.2, 0.25) is 17.7 Å². The smallest absolute Gasteiger partial charge is 0.407 e. The number of carbonyl (C=O) groups excluding carboxylic acids is 11. The molecule has 1 aromatic carbocycles. The minimum atomic E-state index is -1.000. The Bertz CT molecular complexity index is 1910. The number of hydrogen-bond donors (Lipinski definition) is 6. The molecule has 0 spiro atoms. The highest BCUT2D eigenvalue weighted by Crippen LogP contribution is 2.27. The van der Waals surface area contributed by atoms with Gasteiger partial charge in [0.25, 0.3) is 18.3 Å². The van der Waals surface area contributed by atoms with E-state index in [1.54, 1.807) is 19.9 Å². The van der Waals surface area contributed by atoms with Gasteiger partial charge in [-0.2, -0.15) is 0 Å². The summed E-state index contributed by atoms with van der Waals surface area (Å²) in [6.45, 7) is 5.67. The minimum Gasteiger partial charge on any atom is -0.485 e. The molecule has 0 fully saturated rings. The second-order valence-electron chi connectivity index (χ2n) is 15.1. The standard InChI is InChI=1S/C42H59N7O14S/c1-25(2)38(47-27(4)52)33(55)18-28(10-9-16-45-41(43)59)39(57)48-30-14-13-29(21-62-42(60)44-5)34(19-30)61-22-32(54)12-8-6-7-11-31(53)15-17-49-37(56)20-35(40(49)58)64-23-36(63-24-50)46-26(3)51/h13-14,19-20,24-25,28,36,38H,6-12,15-18,21-23H2,1-5H3,(H,44,60)(H,46,51)(H,47,52)(H,48,57)(H3,43,45,59)/t28-,36-,38+/m1/s1. The summed E-state index contributed by atoms with van der Waals surface area (Å²) in [6, 6.07) is 2.97. The van der Waals surface area contributed by atoms with Crippen LogP contribution in [0.25, 0.3) is 0 Å². The van der Waals surface area contributed by atoms with Crippen LogP contribution in [0.5, 0.6) is 5.75 Å².